The smallest absolute Gasteiger partial charge is 0.415 e. The van der Waals surface area contributed by atoms with Crippen molar-refractivity contribution in [2.45, 2.75) is 12.6 Å². The number of hydrazone groups is 1. The van der Waals surface area contributed by atoms with Crippen molar-refractivity contribution in [1.82, 2.24) is 20.2 Å². The number of hydrogen-bond donors (Lipinski definition) is 0. The van der Waals surface area contributed by atoms with Gasteiger partial charge in [0, 0.05) is 18.8 Å². The number of pyridine rings is 1. The van der Waals surface area contributed by atoms with Crippen molar-refractivity contribution in [2.24, 2.45) is 5.10 Å². The predicted octanol–water partition coefficient (Wildman–Crippen LogP) is 4.85. The minimum atomic E-state index is -4.81. The molecule has 2 heterocycles. The van der Waals surface area contributed by atoms with Gasteiger partial charge in [-0.2, -0.15) is 27.1 Å². The Morgan fingerprint density at radius 3 is 2.45 bits per heavy atom. The van der Waals surface area contributed by atoms with E-state index in [9.17, 15) is 26.7 Å². The maximum Gasteiger partial charge on any atom is 0.417 e. The van der Waals surface area contributed by atoms with Crippen molar-refractivity contribution < 1.29 is 31.2 Å². The Hall–Kier alpha value is -3.41. The number of halogens is 6. The Morgan fingerprint density at radius 2 is 1.87 bits per heavy atom. The van der Waals surface area contributed by atoms with E-state index < -0.39 is 40.7 Å². The lowest BCUT2D eigenvalue weighted by Gasteiger charge is -2.16. The lowest BCUT2D eigenvalue weighted by atomic mass is 10.1. The number of hydrogen-bond acceptors (Lipinski definition) is 6. The van der Waals surface area contributed by atoms with Gasteiger partial charge in [-0.3, -0.25) is 4.79 Å². The maximum atomic E-state index is 13.2. The molecule has 7 nitrogen and oxygen atoms in total. The normalized spacial score (nSPS) is 12.0. The van der Waals surface area contributed by atoms with E-state index in [4.69, 9.17) is 16.0 Å². The molecule has 0 spiro atoms. The number of carbonyl (C=O) groups excluding carboxylic acids is 1. The van der Waals surface area contributed by atoms with E-state index >= 15 is 0 Å². The Balaban J connectivity index is 1.77. The van der Waals surface area contributed by atoms with Gasteiger partial charge in [0.25, 0.3) is 11.8 Å². The molecule has 0 saturated carbocycles. The molecule has 0 radical (unpaired) electrons. The summed E-state index contributed by atoms with van der Waals surface area (Å²) in [5.74, 6) is -2.03. The third-order valence-corrected chi connectivity index (χ3v) is 4.17. The minimum Gasteiger partial charge on any atom is -0.415 e. The SMILES string of the molecule is CN(/N=C/c1ccc(-c2nnc(C(F)F)o2)cc1)C(=O)c1c(C(F)(F)F)ccnc1Cl. The number of benzene rings is 1. The third kappa shape index (κ3) is 5.02. The summed E-state index contributed by atoms with van der Waals surface area (Å²) in [6.07, 6.45) is -5.65. The van der Waals surface area contributed by atoms with Crippen LogP contribution in [-0.2, 0) is 6.18 Å². The van der Waals surface area contributed by atoms with Gasteiger partial charge >= 0.3 is 12.6 Å². The number of nitrogens with zero attached hydrogens (tertiary/aromatic N) is 5. The molecule has 0 N–H and O–H groups in total. The van der Waals surface area contributed by atoms with Crippen LogP contribution >= 0.6 is 11.6 Å². The van der Waals surface area contributed by atoms with Gasteiger partial charge in [0.2, 0.25) is 5.89 Å². The fourth-order valence-electron chi connectivity index (χ4n) is 2.39. The Kier molecular flexibility index (Phi) is 6.29. The lowest BCUT2D eigenvalue weighted by molar-refractivity contribution is -0.138. The summed E-state index contributed by atoms with van der Waals surface area (Å²) in [5, 5.41) is 10.6. The molecule has 3 rings (SSSR count). The second-order valence-electron chi connectivity index (χ2n) is 5.96. The van der Waals surface area contributed by atoms with Crippen molar-refractivity contribution >= 4 is 23.7 Å². The van der Waals surface area contributed by atoms with Crippen LogP contribution in [0.4, 0.5) is 22.0 Å². The van der Waals surface area contributed by atoms with Gasteiger partial charge in [-0.25, -0.2) is 9.99 Å². The van der Waals surface area contributed by atoms with Crippen LogP contribution in [0.2, 0.25) is 5.15 Å². The molecule has 2 aromatic heterocycles. The summed E-state index contributed by atoms with van der Waals surface area (Å²) in [7, 11) is 1.15. The summed E-state index contributed by atoms with van der Waals surface area (Å²) >= 11 is 5.71. The van der Waals surface area contributed by atoms with Crippen molar-refractivity contribution in [3.8, 4) is 11.5 Å². The fraction of sp³-hybridized carbons (Fsp3) is 0.167. The van der Waals surface area contributed by atoms with Crippen LogP contribution in [0.25, 0.3) is 11.5 Å². The first-order chi connectivity index (χ1) is 14.6. The largest absolute Gasteiger partial charge is 0.417 e. The molecule has 162 valence electrons. The molecule has 1 aromatic carbocycles. The molecule has 0 aliphatic rings. The highest BCUT2D eigenvalue weighted by molar-refractivity contribution is 6.32. The lowest BCUT2D eigenvalue weighted by Crippen LogP contribution is -2.25. The molecule has 0 atom stereocenters. The third-order valence-electron chi connectivity index (χ3n) is 3.88. The second-order valence-corrected chi connectivity index (χ2v) is 6.32. The minimum absolute atomic E-state index is 0.114. The first-order valence-electron chi connectivity index (χ1n) is 8.33. The van der Waals surface area contributed by atoms with Crippen LogP contribution in [0.3, 0.4) is 0 Å². The summed E-state index contributed by atoms with van der Waals surface area (Å²) in [5.41, 5.74) is -1.24. The zero-order valence-electron chi connectivity index (χ0n) is 15.4. The van der Waals surface area contributed by atoms with E-state index in [0.29, 0.717) is 22.2 Å². The quantitative estimate of drug-likeness (QED) is 0.236. The highest BCUT2D eigenvalue weighted by Crippen LogP contribution is 2.34. The van der Waals surface area contributed by atoms with Gasteiger partial charge in [-0.1, -0.05) is 23.7 Å². The van der Waals surface area contributed by atoms with E-state index in [1.165, 1.54) is 30.5 Å². The topological polar surface area (TPSA) is 84.5 Å². The standard InChI is InChI=1S/C18H11ClF5N5O2/c1-29(17(30)12-11(18(22,23)24)6-7-25-13(12)19)26-8-9-2-4-10(5-3-9)15-27-28-16(31-15)14(20)21/h2-8,14H,1H3/b26-8+. The number of rotatable bonds is 5. The molecular formula is C18H11ClF5N5O2. The Morgan fingerprint density at radius 1 is 1.19 bits per heavy atom. The van der Waals surface area contributed by atoms with E-state index in [0.717, 1.165) is 13.2 Å². The molecule has 1 amide bonds. The Bertz CT molecular complexity index is 1120. The van der Waals surface area contributed by atoms with Gasteiger partial charge in [0.05, 0.1) is 17.3 Å². The van der Waals surface area contributed by atoms with Crippen LogP contribution in [0.5, 0.6) is 0 Å². The number of amides is 1. The van der Waals surface area contributed by atoms with Crippen LogP contribution in [0.15, 0.2) is 46.0 Å². The van der Waals surface area contributed by atoms with E-state index in [-0.39, 0.29) is 5.89 Å². The molecule has 0 aliphatic carbocycles. The molecule has 0 bridgehead atoms. The molecule has 0 fully saturated rings. The van der Waals surface area contributed by atoms with Crippen molar-refractivity contribution in [2.75, 3.05) is 7.05 Å². The summed E-state index contributed by atoms with van der Waals surface area (Å²) in [6.45, 7) is 0. The average Bonchev–Trinajstić information content (AvgIpc) is 3.21. The van der Waals surface area contributed by atoms with Crippen molar-refractivity contribution in [3.05, 3.63) is 64.3 Å². The molecule has 0 unspecified atom stereocenters. The molecule has 0 saturated heterocycles. The summed E-state index contributed by atoms with van der Waals surface area (Å²) < 4.78 is 69.4. The molecule has 3 aromatic rings. The van der Waals surface area contributed by atoms with Crippen LogP contribution in [-0.4, -0.2) is 39.4 Å². The average molecular weight is 460 g/mol. The first kappa shape index (κ1) is 22.3. The van der Waals surface area contributed by atoms with Gasteiger partial charge in [0.1, 0.15) is 5.15 Å². The highest BCUT2D eigenvalue weighted by atomic mass is 35.5. The zero-order valence-corrected chi connectivity index (χ0v) is 16.2. The zero-order chi connectivity index (χ0) is 22.8. The highest BCUT2D eigenvalue weighted by Gasteiger charge is 2.37. The Labute approximate surface area is 176 Å². The van der Waals surface area contributed by atoms with Crippen LogP contribution < -0.4 is 0 Å². The molecule has 0 aliphatic heterocycles. The van der Waals surface area contributed by atoms with Gasteiger partial charge in [0.15, 0.2) is 0 Å². The molecular weight excluding hydrogens is 449 g/mol. The van der Waals surface area contributed by atoms with Crippen LogP contribution in [0, 0.1) is 0 Å². The first-order valence-corrected chi connectivity index (χ1v) is 8.71. The molecule has 31 heavy (non-hydrogen) atoms. The molecule has 13 heteroatoms. The van der Waals surface area contributed by atoms with Crippen LogP contribution in [0.1, 0.15) is 33.8 Å². The van der Waals surface area contributed by atoms with Gasteiger partial charge in [-0.05, 0) is 23.8 Å². The van der Waals surface area contributed by atoms with Gasteiger partial charge < -0.3 is 4.42 Å². The monoisotopic (exact) mass is 459 g/mol. The number of alkyl halides is 5. The summed E-state index contributed by atoms with van der Waals surface area (Å²) in [4.78, 5) is 16.0. The van der Waals surface area contributed by atoms with Gasteiger partial charge in [-0.15, -0.1) is 10.2 Å². The maximum absolute atomic E-state index is 13.2. The number of carbonyl (C=O) groups is 1. The van der Waals surface area contributed by atoms with Crippen molar-refractivity contribution in [3.63, 3.8) is 0 Å². The summed E-state index contributed by atoms with van der Waals surface area (Å²) in [6, 6.07) is 6.60. The van der Waals surface area contributed by atoms with E-state index in [2.05, 4.69) is 20.3 Å². The fourth-order valence-corrected chi connectivity index (χ4v) is 2.63. The number of aromatic nitrogens is 3. The predicted molar refractivity (Wildman–Crippen MR) is 98.6 cm³/mol. The second kappa shape index (κ2) is 8.76. The van der Waals surface area contributed by atoms with E-state index in [1.807, 2.05) is 0 Å². The van der Waals surface area contributed by atoms with Crippen molar-refractivity contribution in [1.29, 1.82) is 0 Å². The van der Waals surface area contributed by atoms with E-state index in [1.54, 1.807) is 0 Å².